The first-order chi connectivity index (χ1) is 7.83. The van der Waals surface area contributed by atoms with Crippen LogP contribution in [0.3, 0.4) is 0 Å². The monoisotopic (exact) mass is 241 g/mol. The number of hydrogen-bond donors (Lipinski definition) is 0. The maximum Gasteiger partial charge on any atom is 0.410 e. The predicted molar refractivity (Wildman–Crippen MR) is 60.3 cm³/mol. The van der Waals surface area contributed by atoms with Gasteiger partial charge < -0.3 is 14.4 Å². The number of rotatable bonds is 1. The third-order valence-electron chi connectivity index (χ3n) is 3.25. The van der Waals surface area contributed by atoms with E-state index in [-0.39, 0.29) is 29.9 Å². The molecule has 3 atom stereocenters. The lowest BCUT2D eigenvalue weighted by atomic mass is 10.1. The lowest BCUT2D eigenvalue weighted by Crippen LogP contribution is -2.38. The Hall–Kier alpha value is -1.26. The van der Waals surface area contributed by atoms with E-state index in [4.69, 9.17) is 9.47 Å². The summed E-state index contributed by atoms with van der Waals surface area (Å²) in [6.07, 6.45) is 0.565. The number of hydrogen-bond acceptors (Lipinski definition) is 4. The van der Waals surface area contributed by atoms with E-state index in [2.05, 4.69) is 0 Å². The van der Waals surface area contributed by atoms with Crippen molar-refractivity contribution in [2.24, 2.45) is 11.8 Å². The van der Waals surface area contributed by atoms with E-state index in [0.29, 0.717) is 6.54 Å². The summed E-state index contributed by atoms with van der Waals surface area (Å²) in [5, 5.41) is 0. The molecule has 0 spiro atoms. The highest BCUT2D eigenvalue weighted by atomic mass is 16.6. The molecule has 2 fully saturated rings. The molecule has 2 aliphatic rings. The minimum absolute atomic E-state index is 0.169. The van der Waals surface area contributed by atoms with Gasteiger partial charge in [-0.05, 0) is 33.1 Å². The van der Waals surface area contributed by atoms with Gasteiger partial charge in [-0.25, -0.2) is 4.79 Å². The van der Waals surface area contributed by atoms with Crippen LogP contribution < -0.4 is 0 Å². The van der Waals surface area contributed by atoms with E-state index >= 15 is 0 Å². The first kappa shape index (κ1) is 12.2. The van der Waals surface area contributed by atoms with Gasteiger partial charge in [-0.15, -0.1) is 0 Å². The van der Waals surface area contributed by atoms with Crippen LogP contribution >= 0.6 is 0 Å². The summed E-state index contributed by atoms with van der Waals surface area (Å²) in [6.45, 7) is 5.94. The van der Waals surface area contributed by atoms with E-state index < -0.39 is 5.60 Å². The summed E-state index contributed by atoms with van der Waals surface area (Å²) in [6, 6.07) is 0.175. The number of amides is 1. The Morgan fingerprint density at radius 2 is 1.94 bits per heavy atom. The molecule has 2 rings (SSSR count). The Balaban J connectivity index is 1.97. The quantitative estimate of drug-likeness (QED) is 0.651. The van der Waals surface area contributed by atoms with Crippen LogP contribution in [0.5, 0.6) is 0 Å². The maximum atomic E-state index is 11.9. The molecule has 1 saturated heterocycles. The average molecular weight is 241 g/mol. The number of likely N-dealkylation sites (tertiary alicyclic amines) is 1. The molecule has 0 radical (unpaired) electrons. The second-order valence-electron chi connectivity index (χ2n) is 5.73. The molecule has 0 aromatic carbocycles. The molecule has 5 nitrogen and oxygen atoms in total. The molecule has 5 heteroatoms. The van der Waals surface area contributed by atoms with Crippen molar-refractivity contribution in [3.05, 3.63) is 0 Å². The number of nitrogens with zero attached hydrogens (tertiary/aromatic N) is 1. The van der Waals surface area contributed by atoms with Crippen molar-refractivity contribution in [1.82, 2.24) is 4.90 Å². The van der Waals surface area contributed by atoms with Crippen LogP contribution in [0, 0.1) is 11.8 Å². The largest absolute Gasteiger partial charge is 0.469 e. The second kappa shape index (κ2) is 3.89. The molecule has 1 saturated carbocycles. The van der Waals surface area contributed by atoms with Crippen LogP contribution in [0.1, 0.15) is 27.2 Å². The van der Waals surface area contributed by atoms with Gasteiger partial charge in [0.25, 0.3) is 0 Å². The van der Waals surface area contributed by atoms with Crippen LogP contribution in [-0.4, -0.2) is 42.3 Å². The minimum atomic E-state index is -0.495. The summed E-state index contributed by atoms with van der Waals surface area (Å²) in [4.78, 5) is 25.1. The molecule has 1 amide bonds. The number of piperidine rings is 1. The number of fused-ring (bicyclic) bond motifs is 1. The maximum absolute atomic E-state index is 11.9. The van der Waals surface area contributed by atoms with Gasteiger partial charge in [0.05, 0.1) is 13.0 Å². The van der Waals surface area contributed by atoms with Crippen molar-refractivity contribution < 1.29 is 19.1 Å². The zero-order chi connectivity index (χ0) is 12.8. The van der Waals surface area contributed by atoms with E-state index in [9.17, 15) is 9.59 Å². The van der Waals surface area contributed by atoms with Gasteiger partial charge >= 0.3 is 12.1 Å². The van der Waals surface area contributed by atoms with Crippen LogP contribution in [0.2, 0.25) is 0 Å². The van der Waals surface area contributed by atoms with Gasteiger partial charge in [0.2, 0.25) is 0 Å². The Bertz CT molecular complexity index is 347. The zero-order valence-corrected chi connectivity index (χ0v) is 10.7. The summed E-state index contributed by atoms with van der Waals surface area (Å²) < 4.78 is 10.1. The van der Waals surface area contributed by atoms with Crippen molar-refractivity contribution in [1.29, 1.82) is 0 Å². The molecular weight excluding hydrogens is 222 g/mol. The third kappa shape index (κ3) is 2.37. The Kier molecular flexibility index (Phi) is 2.79. The molecule has 0 aromatic rings. The normalized spacial score (nSPS) is 30.8. The van der Waals surface area contributed by atoms with E-state index in [1.54, 1.807) is 4.90 Å². The number of methoxy groups -OCH3 is 1. The van der Waals surface area contributed by atoms with Crippen LogP contribution in [0.15, 0.2) is 0 Å². The van der Waals surface area contributed by atoms with Crippen LogP contribution in [-0.2, 0) is 14.3 Å². The van der Waals surface area contributed by atoms with Crippen molar-refractivity contribution in [3.8, 4) is 0 Å². The van der Waals surface area contributed by atoms with Gasteiger partial charge in [0.1, 0.15) is 5.60 Å². The number of carbonyl (C=O) groups excluding carboxylic acids is 2. The molecule has 1 aliphatic heterocycles. The fourth-order valence-corrected chi connectivity index (χ4v) is 2.40. The summed E-state index contributed by atoms with van der Waals surface area (Å²) in [5.74, 6) is -0.115. The highest BCUT2D eigenvalue weighted by molar-refractivity contribution is 5.77. The number of esters is 1. The minimum Gasteiger partial charge on any atom is -0.469 e. The molecule has 96 valence electrons. The van der Waals surface area contributed by atoms with Crippen LogP contribution in [0.25, 0.3) is 0 Å². The zero-order valence-electron chi connectivity index (χ0n) is 10.7. The highest BCUT2D eigenvalue weighted by Gasteiger charge is 2.58. The molecule has 0 unspecified atom stereocenters. The van der Waals surface area contributed by atoms with E-state index in [0.717, 1.165) is 6.42 Å². The molecular formula is C12H19NO4. The second-order valence-corrected chi connectivity index (χ2v) is 5.73. The lowest BCUT2D eigenvalue weighted by Gasteiger charge is -2.25. The first-order valence-electron chi connectivity index (χ1n) is 5.91. The summed E-state index contributed by atoms with van der Waals surface area (Å²) in [7, 11) is 1.38. The topological polar surface area (TPSA) is 55.8 Å². The molecule has 0 aromatic heterocycles. The van der Waals surface area contributed by atoms with E-state index in [1.165, 1.54) is 7.11 Å². The predicted octanol–water partition coefficient (Wildman–Crippen LogP) is 1.41. The van der Waals surface area contributed by atoms with E-state index in [1.807, 2.05) is 20.8 Å². The van der Waals surface area contributed by atoms with Crippen LogP contribution in [0.4, 0.5) is 4.79 Å². The fourth-order valence-electron chi connectivity index (χ4n) is 2.40. The molecule has 0 N–H and O–H groups in total. The molecule has 0 bridgehead atoms. The summed E-state index contributed by atoms with van der Waals surface area (Å²) in [5.41, 5.74) is -0.495. The van der Waals surface area contributed by atoms with Gasteiger partial charge in [-0.1, -0.05) is 0 Å². The third-order valence-corrected chi connectivity index (χ3v) is 3.25. The smallest absolute Gasteiger partial charge is 0.410 e. The van der Waals surface area contributed by atoms with Crippen molar-refractivity contribution in [3.63, 3.8) is 0 Å². The molecule has 1 heterocycles. The Labute approximate surface area is 101 Å². The highest BCUT2D eigenvalue weighted by Crippen LogP contribution is 2.49. The molecule has 17 heavy (non-hydrogen) atoms. The first-order valence-corrected chi connectivity index (χ1v) is 5.91. The van der Waals surface area contributed by atoms with Crippen molar-refractivity contribution in [2.45, 2.75) is 38.8 Å². The Morgan fingerprint density at radius 3 is 2.47 bits per heavy atom. The summed E-state index contributed by atoms with van der Waals surface area (Å²) >= 11 is 0. The number of ether oxygens (including phenoxy) is 2. The standard InChI is InChI=1S/C12H19NO4/c1-12(2,3)17-11(15)13-6-8(10(14)16-4)7-5-9(7)13/h7-9H,5-6H2,1-4H3/t7-,8-,9-/m0/s1. The molecule has 1 aliphatic carbocycles. The van der Waals surface area contributed by atoms with Crippen molar-refractivity contribution >= 4 is 12.1 Å². The van der Waals surface area contributed by atoms with Gasteiger partial charge in [0, 0.05) is 12.6 Å². The van der Waals surface area contributed by atoms with Crippen molar-refractivity contribution in [2.75, 3.05) is 13.7 Å². The number of carbonyl (C=O) groups is 2. The van der Waals surface area contributed by atoms with Gasteiger partial charge in [-0.2, -0.15) is 0 Å². The lowest BCUT2D eigenvalue weighted by molar-refractivity contribution is -0.145. The SMILES string of the molecule is COC(=O)[C@H]1CN(C(=O)OC(C)(C)C)[C@H]2C[C@@H]12. The fraction of sp³-hybridized carbons (Fsp3) is 0.833. The average Bonchev–Trinajstić information content (AvgIpc) is 2.89. The Morgan fingerprint density at radius 1 is 1.29 bits per heavy atom. The van der Waals surface area contributed by atoms with Gasteiger partial charge in [0.15, 0.2) is 0 Å². The van der Waals surface area contributed by atoms with Gasteiger partial charge in [-0.3, -0.25) is 4.79 Å².